The largest absolute Gasteiger partial charge is 0.302 e. The van der Waals surface area contributed by atoms with Gasteiger partial charge < -0.3 is 5.32 Å². The number of para-hydroxylation sites is 1. The lowest BCUT2D eigenvalue weighted by Crippen LogP contribution is -2.11. The van der Waals surface area contributed by atoms with Crippen LogP contribution in [0.2, 0.25) is 10.0 Å². The first-order valence-electron chi connectivity index (χ1n) is 7.29. The maximum Gasteiger partial charge on any atom is 0.226 e. The van der Waals surface area contributed by atoms with E-state index in [0.29, 0.717) is 21.6 Å². The van der Waals surface area contributed by atoms with Crippen molar-refractivity contribution in [2.45, 2.75) is 12.2 Å². The topological polar surface area (TPSA) is 42.0 Å². The van der Waals surface area contributed by atoms with E-state index in [0.717, 1.165) is 27.3 Å². The lowest BCUT2D eigenvalue weighted by molar-refractivity contribution is -0.115. The molecule has 3 aromatic rings. The van der Waals surface area contributed by atoms with Crippen molar-refractivity contribution in [3.8, 4) is 0 Å². The van der Waals surface area contributed by atoms with Gasteiger partial charge in [-0.3, -0.25) is 4.79 Å². The van der Waals surface area contributed by atoms with E-state index in [4.69, 9.17) is 23.2 Å². The first kappa shape index (κ1) is 17.5. The number of aromatic nitrogens is 1. The molecule has 0 spiro atoms. The minimum atomic E-state index is -0.0179. The number of amides is 1. The molecule has 7 heteroatoms. The SMILES string of the molecule is O=C(CCSCc1ccc(Cl)c(Cl)c1)Nc1nc2ccccc2s1. The number of benzene rings is 2. The Morgan fingerprint density at radius 2 is 2.00 bits per heavy atom. The number of hydrogen-bond donors (Lipinski definition) is 1. The highest BCUT2D eigenvalue weighted by Crippen LogP contribution is 2.26. The maximum absolute atomic E-state index is 12.0. The Bertz CT molecular complexity index is 834. The fourth-order valence-electron chi connectivity index (χ4n) is 2.09. The van der Waals surface area contributed by atoms with Gasteiger partial charge in [0.25, 0.3) is 0 Å². The van der Waals surface area contributed by atoms with Crippen LogP contribution in [0.25, 0.3) is 10.2 Å². The third-order valence-corrected chi connectivity index (χ3v) is 5.99. The van der Waals surface area contributed by atoms with Crippen LogP contribution in [0.3, 0.4) is 0 Å². The van der Waals surface area contributed by atoms with Crippen LogP contribution in [-0.4, -0.2) is 16.6 Å². The Morgan fingerprint density at radius 3 is 2.79 bits per heavy atom. The molecule has 1 N–H and O–H groups in total. The number of rotatable bonds is 6. The number of nitrogens with zero attached hydrogens (tertiary/aromatic N) is 1. The molecule has 0 aliphatic carbocycles. The third-order valence-electron chi connectivity index (χ3n) is 3.27. The smallest absolute Gasteiger partial charge is 0.226 e. The molecule has 3 nitrogen and oxygen atoms in total. The summed E-state index contributed by atoms with van der Waals surface area (Å²) in [5.74, 6) is 1.51. The summed E-state index contributed by atoms with van der Waals surface area (Å²) < 4.78 is 1.07. The second kappa shape index (κ2) is 8.21. The number of halogens is 2. The number of thiazole rings is 1. The number of carbonyl (C=O) groups is 1. The van der Waals surface area contributed by atoms with Gasteiger partial charge >= 0.3 is 0 Å². The van der Waals surface area contributed by atoms with Crippen LogP contribution in [0.15, 0.2) is 42.5 Å². The molecule has 124 valence electrons. The van der Waals surface area contributed by atoms with E-state index < -0.39 is 0 Å². The number of nitrogens with one attached hydrogen (secondary N) is 1. The van der Waals surface area contributed by atoms with E-state index in [1.54, 1.807) is 17.8 Å². The standard InChI is InChI=1S/C17H14Cl2N2OS2/c18-12-6-5-11(9-13(12)19)10-23-8-7-16(22)21-17-20-14-3-1-2-4-15(14)24-17/h1-6,9H,7-8,10H2,(H,20,21,22). The van der Waals surface area contributed by atoms with Gasteiger partial charge in [0.1, 0.15) is 0 Å². The van der Waals surface area contributed by atoms with E-state index >= 15 is 0 Å². The molecule has 0 saturated heterocycles. The van der Waals surface area contributed by atoms with Crippen molar-refractivity contribution in [1.29, 1.82) is 0 Å². The first-order valence-corrected chi connectivity index (χ1v) is 10.0. The second-order valence-electron chi connectivity index (χ2n) is 5.09. The quantitative estimate of drug-likeness (QED) is 0.530. The Kier molecular flexibility index (Phi) is 6.00. The number of anilines is 1. The predicted molar refractivity (Wildman–Crippen MR) is 105 cm³/mol. The van der Waals surface area contributed by atoms with Gasteiger partial charge in [0.2, 0.25) is 5.91 Å². The van der Waals surface area contributed by atoms with Crippen molar-refractivity contribution in [3.63, 3.8) is 0 Å². The summed E-state index contributed by atoms with van der Waals surface area (Å²) in [4.78, 5) is 16.4. The maximum atomic E-state index is 12.0. The molecule has 24 heavy (non-hydrogen) atoms. The molecule has 2 aromatic carbocycles. The van der Waals surface area contributed by atoms with E-state index in [1.165, 1.54) is 11.3 Å². The molecule has 3 rings (SSSR count). The normalized spacial score (nSPS) is 10.9. The highest BCUT2D eigenvalue weighted by molar-refractivity contribution is 7.98. The van der Waals surface area contributed by atoms with Crippen molar-refractivity contribution in [2.75, 3.05) is 11.1 Å². The van der Waals surface area contributed by atoms with Gasteiger partial charge in [0.05, 0.1) is 20.3 Å². The van der Waals surface area contributed by atoms with Crippen LogP contribution in [0.1, 0.15) is 12.0 Å². The van der Waals surface area contributed by atoms with Crippen LogP contribution in [0, 0.1) is 0 Å². The number of thioether (sulfide) groups is 1. The molecule has 0 bridgehead atoms. The Labute approximate surface area is 158 Å². The van der Waals surface area contributed by atoms with E-state index in [1.807, 2.05) is 36.4 Å². The Morgan fingerprint density at radius 1 is 1.17 bits per heavy atom. The summed E-state index contributed by atoms with van der Waals surface area (Å²) in [6, 6.07) is 13.4. The summed E-state index contributed by atoms with van der Waals surface area (Å²) >= 11 is 15.1. The zero-order valence-electron chi connectivity index (χ0n) is 12.6. The summed E-state index contributed by atoms with van der Waals surface area (Å²) in [6.45, 7) is 0. The summed E-state index contributed by atoms with van der Waals surface area (Å²) in [5.41, 5.74) is 2.01. The van der Waals surface area contributed by atoms with Gasteiger partial charge in [-0.2, -0.15) is 11.8 Å². The zero-order chi connectivity index (χ0) is 16.9. The molecular formula is C17H14Cl2N2OS2. The van der Waals surface area contributed by atoms with E-state index in [9.17, 15) is 4.79 Å². The van der Waals surface area contributed by atoms with Crippen LogP contribution < -0.4 is 5.32 Å². The number of carbonyl (C=O) groups excluding carboxylic acids is 1. The van der Waals surface area contributed by atoms with Gasteiger partial charge in [-0.25, -0.2) is 4.98 Å². The molecule has 0 aliphatic heterocycles. The molecule has 0 fully saturated rings. The molecule has 1 aromatic heterocycles. The second-order valence-corrected chi connectivity index (χ2v) is 8.04. The van der Waals surface area contributed by atoms with Gasteiger partial charge in [0.15, 0.2) is 5.13 Å². The van der Waals surface area contributed by atoms with Crippen LogP contribution in [0.4, 0.5) is 5.13 Å². The molecular weight excluding hydrogens is 383 g/mol. The summed E-state index contributed by atoms with van der Waals surface area (Å²) in [5, 5.41) is 4.63. The molecule has 0 aliphatic rings. The fourth-order valence-corrected chi connectivity index (χ4v) is 4.18. The van der Waals surface area contributed by atoms with Crippen molar-refractivity contribution in [3.05, 3.63) is 58.1 Å². The minimum Gasteiger partial charge on any atom is -0.302 e. The molecule has 0 unspecified atom stereocenters. The predicted octanol–water partition coefficient (Wildman–Crippen LogP) is 5.87. The monoisotopic (exact) mass is 396 g/mol. The van der Waals surface area contributed by atoms with Gasteiger partial charge in [-0.15, -0.1) is 0 Å². The van der Waals surface area contributed by atoms with Crippen molar-refractivity contribution < 1.29 is 4.79 Å². The van der Waals surface area contributed by atoms with Crippen molar-refractivity contribution in [2.24, 2.45) is 0 Å². The molecule has 0 atom stereocenters. The zero-order valence-corrected chi connectivity index (χ0v) is 15.7. The van der Waals surface area contributed by atoms with Gasteiger partial charge in [-0.05, 0) is 29.8 Å². The lowest BCUT2D eigenvalue weighted by atomic mass is 10.2. The minimum absolute atomic E-state index is 0.0179. The number of fused-ring (bicyclic) bond motifs is 1. The Hall–Kier alpha value is -1.27. The van der Waals surface area contributed by atoms with Gasteiger partial charge in [0, 0.05) is 17.9 Å². The van der Waals surface area contributed by atoms with E-state index in [2.05, 4.69) is 10.3 Å². The van der Waals surface area contributed by atoms with Crippen LogP contribution >= 0.6 is 46.3 Å². The molecule has 1 heterocycles. The highest BCUT2D eigenvalue weighted by Gasteiger charge is 2.07. The Balaban J connectivity index is 1.44. The summed E-state index contributed by atoms with van der Waals surface area (Å²) in [6.07, 6.45) is 0.446. The van der Waals surface area contributed by atoms with Crippen LogP contribution in [-0.2, 0) is 10.5 Å². The summed E-state index contributed by atoms with van der Waals surface area (Å²) in [7, 11) is 0. The molecule has 0 saturated carbocycles. The van der Waals surface area contributed by atoms with Crippen LogP contribution in [0.5, 0.6) is 0 Å². The van der Waals surface area contributed by atoms with E-state index in [-0.39, 0.29) is 5.91 Å². The first-order chi connectivity index (χ1) is 11.6. The average molecular weight is 397 g/mol. The third kappa shape index (κ3) is 4.63. The van der Waals surface area contributed by atoms with Crippen molar-refractivity contribution in [1.82, 2.24) is 4.98 Å². The lowest BCUT2D eigenvalue weighted by Gasteiger charge is -2.04. The molecule has 0 radical (unpaired) electrons. The highest BCUT2D eigenvalue weighted by atomic mass is 35.5. The average Bonchev–Trinajstić information content (AvgIpc) is 2.97. The molecule has 1 amide bonds. The van der Waals surface area contributed by atoms with Gasteiger partial charge in [-0.1, -0.05) is 52.7 Å². The number of hydrogen-bond acceptors (Lipinski definition) is 4. The van der Waals surface area contributed by atoms with Crippen molar-refractivity contribution >= 4 is 67.6 Å². The fraction of sp³-hybridized carbons (Fsp3) is 0.176.